The minimum Gasteiger partial charge on any atom is -0.379 e. The summed E-state index contributed by atoms with van der Waals surface area (Å²) in [5.41, 5.74) is 4.93. The highest BCUT2D eigenvalue weighted by molar-refractivity contribution is 5.80. The molecule has 0 aliphatic heterocycles. The van der Waals surface area contributed by atoms with Crippen LogP contribution < -0.4 is 5.73 Å². The maximum absolute atomic E-state index is 11.5. The molecule has 6 heteroatoms. The SMILES string of the molecule is CC(C)OCCOCCOCCC(N)=O.CC1CCC(CC(=O)C(C)C)CC1.[HH]. The molecule has 0 aromatic rings. The highest BCUT2D eigenvalue weighted by atomic mass is 16.5. The number of nitrogens with two attached hydrogens (primary N) is 1. The molecule has 1 fully saturated rings. The number of carbonyl (C=O) groups excluding carboxylic acids is 2. The lowest BCUT2D eigenvalue weighted by atomic mass is 9.80. The Bertz CT molecular complexity index is 410. The number of amides is 1. The van der Waals surface area contributed by atoms with Gasteiger partial charge in [0, 0.05) is 20.2 Å². The molecule has 1 rings (SSSR count). The van der Waals surface area contributed by atoms with Crippen LogP contribution in [0.15, 0.2) is 0 Å². The van der Waals surface area contributed by atoms with Crippen molar-refractivity contribution in [2.45, 2.75) is 79.2 Å². The number of ketones is 1. The first kappa shape index (κ1) is 27.0. The van der Waals surface area contributed by atoms with E-state index in [1.165, 1.54) is 25.7 Å². The number of ether oxygens (including phenoxy) is 3. The summed E-state index contributed by atoms with van der Waals surface area (Å²) in [5, 5.41) is 0. The van der Waals surface area contributed by atoms with E-state index in [9.17, 15) is 9.59 Å². The van der Waals surface area contributed by atoms with E-state index in [2.05, 4.69) is 6.92 Å². The zero-order valence-electron chi connectivity index (χ0n) is 18.7. The van der Waals surface area contributed by atoms with Gasteiger partial charge in [0.2, 0.25) is 5.91 Å². The van der Waals surface area contributed by atoms with E-state index >= 15 is 0 Å². The van der Waals surface area contributed by atoms with Gasteiger partial charge in [0.05, 0.1) is 39.1 Å². The molecule has 1 amide bonds. The molecule has 28 heavy (non-hydrogen) atoms. The third kappa shape index (κ3) is 17.1. The highest BCUT2D eigenvalue weighted by Crippen LogP contribution is 2.30. The predicted molar refractivity (Wildman–Crippen MR) is 114 cm³/mol. The molecule has 0 spiro atoms. The number of hydrogen-bond acceptors (Lipinski definition) is 5. The van der Waals surface area contributed by atoms with Crippen molar-refractivity contribution in [3.8, 4) is 0 Å². The fourth-order valence-corrected chi connectivity index (χ4v) is 2.89. The van der Waals surface area contributed by atoms with Crippen LogP contribution >= 0.6 is 0 Å². The van der Waals surface area contributed by atoms with Gasteiger partial charge in [-0.3, -0.25) is 9.59 Å². The Balaban J connectivity index is 0. The summed E-state index contributed by atoms with van der Waals surface area (Å²) in [6.07, 6.45) is 6.55. The monoisotopic (exact) mass is 403 g/mol. The molecule has 0 saturated heterocycles. The van der Waals surface area contributed by atoms with E-state index in [0.717, 1.165) is 12.3 Å². The first-order valence-electron chi connectivity index (χ1n) is 10.8. The van der Waals surface area contributed by atoms with Crippen LogP contribution in [0.4, 0.5) is 0 Å². The van der Waals surface area contributed by atoms with Gasteiger partial charge in [-0.1, -0.05) is 33.6 Å². The number of rotatable bonds is 13. The van der Waals surface area contributed by atoms with Crippen molar-refractivity contribution in [3.05, 3.63) is 0 Å². The molecule has 2 N–H and O–H groups in total. The summed E-state index contributed by atoms with van der Waals surface area (Å²) < 4.78 is 15.6. The maximum atomic E-state index is 11.5. The normalized spacial score (nSPS) is 19.4. The summed E-state index contributed by atoms with van der Waals surface area (Å²) in [6, 6.07) is 0. The molecule has 0 radical (unpaired) electrons. The summed E-state index contributed by atoms with van der Waals surface area (Å²) in [7, 11) is 0. The van der Waals surface area contributed by atoms with Gasteiger partial charge >= 0.3 is 0 Å². The third-order valence-electron chi connectivity index (χ3n) is 4.81. The molecule has 0 heterocycles. The minimum atomic E-state index is -0.346. The molecule has 1 aliphatic rings. The Kier molecular flexibility index (Phi) is 16.3. The second kappa shape index (κ2) is 16.9. The fourth-order valence-electron chi connectivity index (χ4n) is 2.89. The lowest BCUT2D eigenvalue weighted by Crippen LogP contribution is -2.18. The number of Topliss-reactive ketones (excluding diaryl/α,β-unsaturated/α-hetero) is 1. The van der Waals surface area contributed by atoms with Crippen LogP contribution in [0.5, 0.6) is 0 Å². The minimum absolute atomic E-state index is 0. The van der Waals surface area contributed by atoms with Crippen molar-refractivity contribution in [2.24, 2.45) is 23.5 Å². The third-order valence-corrected chi connectivity index (χ3v) is 4.81. The average molecular weight is 404 g/mol. The van der Waals surface area contributed by atoms with Crippen LogP contribution in [-0.2, 0) is 23.8 Å². The first-order chi connectivity index (χ1) is 13.2. The molecule has 0 bridgehead atoms. The molecule has 0 aromatic carbocycles. The van der Waals surface area contributed by atoms with Gasteiger partial charge in [-0.15, -0.1) is 0 Å². The average Bonchev–Trinajstić information content (AvgIpc) is 2.62. The van der Waals surface area contributed by atoms with Gasteiger partial charge in [0.25, 0.3) is 0 Å². The summed E-state index contributed by atoms with van der Waals surface area (Å²) in [6.45, 7) is 12.8. The number of carbonyl (C=O) groups is 2. The van der Waals surface area contributed by atoms with E-state index in [0.29, 0.717) is 44.7 Å². The number of hydrogen-bond donors (Lipinski definition) is 1. The Morgan fingerprint density at radius 3 is 1.96 bits per heavy atom. The quantitative estimate of drug-likeness (QED) is 0.470. The largest absolute Gasteiger partial charge is 0.379 e. The molecular weight excluding hydrogens is 358 g/mol. The molecule has 0 unspecified atom stereocenters. The van der Waals surface area contributed by atoms with Crippen molar-refractivity contribution >= 4 is 11.7 Å². The molecule has 1 saturated carbocycles. The molecule has 0 aromatic heterocycles. The smallest absolute Gasteiger partial charge is 0.219 e. The highest BCUT2D eigenvalue weighted by Gasteiger charge is 2.21. The van der Waals surface area contributed by atoms with Gasteiger partial charge in [0.15, 0.2) is 0 Å². The van der Waals surface area contributed by atoms with Crippen molar-refractivity contribution in [2.75, 3.05) is 33.0 Å². The second-order valence-electron chi connectivity index (χ2n) is 8.31. The zero-order valence-corrected chi connectivity index (χ0v) is 18.7. The lowest BCUT2D eigenvalue weighted by Gasteiger charge is -2.25. The molecule has 6 nitrogen and oxygen atoms in total. The van der Waals surface area contributed by atoms with Crippen LogP contribution in [0, 0.1) is 17.8 Å². The second-order valence-corrected chi connectivity index (χ2v) is 8.31. The van der Waals surface area contributed by atoms with Gasteiger partial charge in [-0.2, -0.15) is 0 Å². The van der Waals surface area contributed by atoms with Crippen LogP contribution in [-0.4, -0.2) is 50.8 Å². The van der Waals surface area contributed by atoms with E-state index in [1.807, 2.05) is 27.7 Å². The van der Waals surface area contributed by atoms with Gasteiger partial charge in [-0.05, 0) is 38.5 Å². The van der Waals surface area contributed by atoms with Gasteiger partial charge in [0.1, 0.15) is 5.78 Å². The van der Waals surface area contributed by atoms with Gasteiger partial charge in [-0.25, -0.2) is 0 Å². The van der Waals surface area contributed by atoms with Crippen molar-refractivity contribution < 1.29 is 25.2 Å². The van der Waals surface area contributed by atoms with E-state index in [1.54, 1.807) is 0 Å². The van der Waals surface area contributed by atoms with Gasteiger partial charge < -0.3 is 19.9 Å². The summed E-state index contributed by atoms with van der Waals surface area (Å²) in [5.74, 6) is 1.94. The van der Waals surface area contributed by atoms with E-state index < -0.39 is 0 Å². The predicted octanol–water partition coefficient (Wildman–Crippen LogP) is 3.99. The Hall–Kier alpha value is -0.980. The molecule has 1 aliphatic carbocycles. The van der Waals surface area contributed by atoms with E-state index in [4.69, 9.17) is 19.9 Å². The fraction of sp³-hybridized carbons (Fsp3) is 0.909. The molecule has 168 valence electrons. The Morgan fingerprint density at radius 2 is 1.46 bits per heavy atom. The lowest BCUT2D eigenvalue weighted by molar-refractivity contribution is -0.123. The van der Waals surface area contributed by atoms with Crippen molar-refractivity contribution in [1.82, 2.24) is 0 Å². The van der Waals surface area contributed by atoms with Crippen LogP contribution in [0.2, 0.25) is 0 Å². The van der Waals surface area contributed by atoms with Crippen LogP contribution in [0.1, 0.15) is 74.6 Å². The molecular formula is C22H45NO5. The first-order valence-corrected chi connectivity index (χ1v) is 10.8. The van der Waals surface area contributed by atoms with Crippen LogP contribution in [0.25, 0.3) is 0 Å². The summed E-state index contributed by atoms with van der Waals surface area (Å²) >= 11 is 0. The van der Waals surface area contributed by atoms with Crippen molar-refractivity contribution in [3.63, 3.8) is 0 Å². The Morgan fingerprint density at radius 1 is 0.929 bits per heavy atom. The maximum Gasteiger partial charge on any atom is 0.219 e. The topological polar surface area (TPSA) is 87.8 Å². The number of primary amides is 1. The molecule has 0 atom stereocenters. The van der Waals surface area contributed by atoms with Crippen molar-refractivity contribution in [1.29, 1.82) is 0 Å². The Labute approximate surface area is 173 Å². The standard InChI is InChI=1S/C12H22O.C10H21NO4.H2/c1-9(2)12(13)8-11-6-4-10(3)5-7-11;1-9(2)15-8-7-14-6-5-13-4-3-10(11)12;/h9-11H,4-8H2,1-3H3;9H,3-8H2,1-2H3,(H2,11,12);1H. The zero-order chi connectivity index (χ0) is 21.4. The van der Waals surface area contributed by atoms with E-state index in [-0.39, 0.29) is 25.8 Å². The summed E-state index contributed by atoms with van der Waals surface area (Å²) in [4.78, 5) is 21.8. The van der Waals surface area contributed by atoms with Crippen LogP contribution in [0.3, 0.4) is 0 Å².